The fourth-order valence-electron chi connectivity index (χ4n) is 2.30. The highest BCUT2D eigenvalue weighted by Gasteiger charge is 2.39. The zero-order valence-electron chi connectivity index (χ0n) is 7.08. The minimum absolute atomic E-state index is 0.270. The van der Waals surface area contributed by atoms with Crippen LogP contribution >= 0.6 is 0 Å². The maximum Gasteiger partial charge on any atom is 0.142 e. The lowest BCUT2D eigenvalue weighted by Gasteiger charge is -2.30. The van der Waals surface area contributed by atoms with Gasteiger partial charge in [-0.05, 0) is 18.3 Å². The second kappa shape index (κ2) is 2.20. The number of hydrogen-bond donors (Lipinski definition) is 0. The molecule has 2 bridgehead atoms. The van der Waals surface area contributed by atoms with E-state index >= 15 is 0 Å². The van der Waals surface area contributed by atoms with Gasteiger partial charge in [0.2, 0.25) is 0 Å². The first-order valence-electron chi connectivity index (χ1n) is 4.42. The summed E-state index contributed by atoms with van der Waals surface area (Å²) in [6.07, 6.45) is 5.42. The van der Waals surface area contributed by atoms with Gasteiger partial charge in [0.15, 0.2) is 0 Å². The Balaban J connectivity index is 2.29. The number of carbonyl (C=O) groups is 1. The van der Waals surface area contributed by atoms with E-state index < -0.39 is 0 Å². The molecule has 0 N–H and O–H groups in total. The average molecular weight is 150 g/mol. The largest absolute Gasteiger partial charge is 0.299 e. The summed E-state index contributed by atoms with van der Waals surface area (Å²) in [6, 6.07) is 0. The molecule has 1 heteroatoms. The van der Waals surface area contributed by atoms with E-state index in [2.05, 4.69) is 26.0 Å². The van der Waals surface area contributed by atoms with Gasteiger partial charge in [0.25, 0.3) is 0 Å². The Morgan fingerprint density at radius 3 is 2.82 bits per heavy atom. The number of allylic oxidation sites excluding steroid dienone is 2. The van der Waals surface area contributed by atoms with Crippen molar-refractivity contribution in [2.45, 2.75) is 20.3 Å². The standard InChI is InChI=1S/C10H14O/c1-6-7(2)10(11)9-4-3-8(6)5-9/h3-4,6-9H,5H2,1-2H3/t6-,7+,8+,9-/m1/s1. The fraction of sp³-hybridized carbons (Fsp3) is 0.700. The van der Waals surface area contributed by atoms with Gasteiger partial charge in [-0.1, -0.05) is 26.0 Å². The van der Waals surface area contributed by atoms with Gasteiger partial charge in [0.05, 0.1) is 0 Å². The van der Waals surface area contributed by atoms with Crippen molar-refractivity contribution in [3.8, 4) is 0 Å². The maximum absolute atomic E-state index is 11.5. The summed E-state index contributed by atoms with van der Waals surface area (Å²) in [4.78, 5) is 11.5. The minimum atomic E-state index is 0.270. The molecule has 0 aromatic carbocycles. The summed E-state index contributed by atoms with van der Waals surface area (Å²) in [7, 11) is 0. The average Bonchev–Trinajstić information content (AvgIpc) is 2.44. The smallest absolute Gasteiger partial charge is 0.142 e. The Morgan fingerprint density at radius 1 is 1.36 bits per heavy atom. The number of fused-ring (bicyclic) bond motifs is 2. The molecule has 0 spiro atoms. The molecule has 0 aromatic heterocycles. The van der Waals surface area contributed by atoms with Gasteiger partial charge >= 0.3 is 0 Å². The molecule has 0 radical (unpaired) electrons. The van der Waals surface area contributed by atoms with Gasteiger partial charge in [-0.25, -0.2) is 0 Å². The van der Waals surface area contributed by atoms with E-state index in [1.165, 1.54) is 0 Å². The van der Waals surface area contributed by atoms with Crippen LogP contribution in [0.1, 0.15) is 20.3 Å². The van der Waals surface area contributed by atoms with Gasteiger partial charge in [0, 0.05) is 11.8 Å². The number of carbonyl (C=O) groups excluding carboxylic acids is 1. The lowest BCUT2D eigenvalue weighted by Crippen LogP contribution is -2.33. The van der Waals surface area contributed by atoms with E-state index in [-0.39, 0.29) is 11.8 Å². The predicted molar refractivity (Wildman–Crippen MR) is 44.1 cm³/mol. The molecule has 0 amide bonds. The molecule has 2 aliphatic carbocycles. The van der Waals surface area contributed by atoms with Crippen LogP contribution in [0.3, 0.4) is 0 Å². The van der Waals surface area contributed by atoms with Crippen molar-refractivity contribution in [2.75, 3.05) is 0 Å². The van der Waals surface area contributed by atoms with Crippen LogP contribution in [0, 0.1) is 23.7 Å². The fourth-order valence-corrected chi connectivity index (χ4v) is 2.30. The van der Waals surface area contributed by atoms with Crippen molar-refractivity contribution in [1.29, 1.82) is 0 Å². The molecule has 1 saturated carbocycles. The van der Waals surface area contributed by atoms with Gasteiger partial charge in [0.1, 0.15) is 5.78 Å². The number of Topliss-reactive ketones (excluding diaryl/α,β-unsaturated/α-hetero) is 1. The molecule has 11 heavy (non-hydrogen) atoms. The number of rotatable bonds is 0. The molecule has 0 unspecified atom stereocenters. The van der Waals surface area contributed by atoms with Crippen molar-refractivity contribution in [3.05, 3.63) is 12.2 Å². The second-order valence-electron chi connectivity index (χ2n) is 3.94. The highest BCUT2D eigenvalue weighted by Crippen LogP contribution is 2.41. The van der Waals surface area contributed by atoms with Crippen molar-refractivity contribution in [3.63, 3.8) is 0 Å². The molecule has 2 aliphatic rings. The van der Waals surface area contributed by atoms with Crippen LogP contribution in [0.15, 0.2) is 12.2 Å². The molecule has 1 nitrogen and oxygen atoms in total. The number of hydrogen-bond acceptors (Lipinski definition) is 1. The quantitative estimate of drug-likeness (QED) is 0.483. The zero-order chi connectivity index (χ0) is 8.01. The minimum Gasteiger partial charge on any atom is -0.299 e. The third-order valence-electron chi connectivity index (χ3n) is 3.39. The first kappa shape index (κ1) is 7.08. The molecule has 0 saturated heterocycles. The third kappa shape index (κ3) is 0.867. The van der Waals surface area contributed by atoms with Crippen molar-refractivity contribution >= 4 is 5.78 Å². The highest BCUT2D eigenvalue weighted by molar-refractivity contribution is 5.86. The highest BCUT2D eigenvalue weighted by atomic mass is 16.1. The summed E-state index contributed by atoms with van der Waals surface area (Å²) in [5.74, 6) is 2.27. The van der Waals surface area contributed by atoms with Crippen LogP contribution < -0.4 is 0 Å². The summed E-state index contributed by atoms with van der Waals surface area (Å²) in [6.45, 7) is 4.26. The second-order valence-corrected chi connectivity index (χ2v) is 3.94. The van der Waals surface area contributed by atoms with Crippen molar-refractivity contribution < 1.29 is 4.79 Å². The van der Waals surface area contributed by atoms with E-state index in [1.54, 1.807) is 0 Å². The molecule has 4 atom stereocenters. The van der Waals surface area contributed by atoms with Crippen LogP contribution in [-0.2, 0) is 4.79 Å². The summed E-state index contributed by atoms with van der Waals surface area (Å²) < 4.78 is 0. The molecule has 2 rings (SSSR count). The van der Waals surface area contributed by atoms with E-state index in [0.29, 0.717) is 17.6 Å². The Morgan fingerprint density at radius 2 is 2.09 bits per heavy atom. The Bertz CT molecular complexity index is 217. The summed E-state index contributed by atoms with van der Waals surface area (Å²) >= 11 is 0. The molecule has 0 aromatic rings. The summed E-state index contributed by atoms with van der Waals surface area (Å²) in [5.41, 5.74) is 0. The van der Waals surface area contributed by atoms with E-state index in [9.17, 15) is 4.79 Å². The molecule has 1 fully saturated rings. The predicted octanol–water partition coefficient (Wildman–Crippen LogP) is 2.03. The van der Waals surface area contributed by atoms with Crippen molar-refractivity contribution in [1.82, 2.24) is 0 Å². The van der Waals surface area contributed by atoms with Crippen LogP contribution in [-0.4, -0.2) is 5.78 Å². The van der Waals surface area contributed by atoms with E-state index in [1.807, 2.05) is 0 Å². The topological polar surface area (TPSA) is 17.1 Å². The monoisotopic (exact) mass is 150 g/mol. The van der Waals surface area contributed by atoms with Crippen LogP contribution in [0.2, 0.25) is 0 Å². The molecule has 0 heterocycles. The molecule has 60 valence electrons. The lowest BCUT2D eigenvalue weighted by atomic mass is 9.72. The first-order chi connectivity index (χ1) is 5.20. The zero-order valence-corrected chi connectivity index (χ0v) is 7.08. The van der Waals surface area contributed by atoms with Gasteiger partial charge in [-0.3, -0.25) is 4.79 Å². The Kier molecular flexibility index (Phi) is 1.41. The van der Waals surface area contributed by atoms with Gasteiger partial charge in [-0.2, -0.15) is 0 Å². The SMILES string of the molecule is C[C@@H]1[C@H](C)C(=O)[C@@H]2C=C[C@H]1C2. The van der Waals surface area contributed by atoms with Crippen LogP contribution in [0.5, 0.6) is 0 Å². The molecular formula is C10H14O. The van der Waals surface area contributed by atoms with E-state index in [4.69, 9.17) is 0 Å². The number of ketones is 1. The Labute approximate surface area is 67.5 Å². The van der Waals surface area contributed by atoms with Crippen LogP contribution in [0.25, 0.3) is 0 Å². The van der Waals surface area contributed by atoms with Gasteiger partial charge < -0.3 is 0 Å². The van der Waals surface area contributed by atoms with Gasteiger partial charge in [-0.15, -0.1) is 0 Å². The van der Waals surface area contributed by atoms with Crippen LogP contribution in [0.4, 0.5) is 0 Å². The molecular weight excluding hydrogens is 136 g/mol. The Hall–Kier alpha value is -0.590. The normalized spacial score (nSPS) is 48.4. The summed E-state index contributed by atoms with van der Waals surface area (Å²) in [5, 5.41) is 0. The maximum atomic E-state index is 11.5. The third-order valence-corrected chi connectivity index (χ3v) is 3.39. The van der Waals surface area contributed by atoms with E-state index in [0.717, 1.165) is 6.42 Å². The molecule has 0 aliphatic heterocycles. The first-order valence-corrected chi connectivity index (χ1v) is 4.42. The lowest BCUT2D eigenvalue weighted by molar-refractivity contribution is -0.129. The van der Waals surface area contributed by atoms with Crippen molar-refractivity contribution in [2.24, 2.45) is 23.7 Å².